The van der Waals surface area contributed by atoms with E-state index in [-0.39, 0.29) is 12.5 Å². The number of aliphatic hydroxyl groups is 1. The van der Waals surface area contributed by atoms with Crippen molar-refractivity contribution in [2.24, 2.45) is 0 Å². The molecular weight excluding hydrogens is 252 g/mol. The minimum atomic E-state index is -0.526. The second-order valence-electron chi connectivity index (χ2n) is 5.41. The maximum absolute atomic E-state index is 11.8. The molecule has 4 heteroatoms. The highest BCUT2D eigenvalue weighted by atomic mass is 16.3. The molecular formula is C16H26N2O2. The van der Waals surface area contributed by atoms with Crippen LogP contribution in [0.4, 0.5) is 0 Å². The van der Waals surface area contributed by atoms with E-state index in [1.807, 2.05) is 24.3 Å². The number of benzene rings is 1. The van der Waals surface area contributed by atoms with Crippen LogP contribution in [0.2, 0.25) is 0 Å². The van der Waals surface area contributed by atoms with Gasteiger partial charge in [-0.1, -0.05) is 19.1 Å². The first kappa shape index (κ1) is 16.7. The van der Waals surface area contributed by atoms with Crippen molar-refractivity contribution in [3.8, 4) is 0 Å². The van der Waals surface area contributed by atoms with Gasteiger partial charge in [-0.05, 0) is 45.0 Å². The smallest absolute Gasteiger partial charge is 0.251 e. The highest BCUT2D eigenvalue weighted by Crippen LogP contribution is 2.10. The van der Waals surface area contributed by atoms with E-state index in [0.29, 0.717) is 11.6 Å². The Labute approximate surface area is 121 Å². The molecule has 0 aromatic heterocycles. The molecule has 0 spiro atoms. The number of aliphatic hydroxyl groups excluding tert-OH is 1. The monoisotopic (exact) mass is 278 g/mol. The Kier molecular flexibility index (Phi) is 6.68. The summed E-state index contributed by atoms with van der Waals surface area (Å²) in [4.78, 5) is 14.2. The van der Waals surface area contributed by atoms with Gasteiger partial charge in [0.15, 0.2) is 0 Å². The third-order valence-corrected chi connectivity index (χ3v) is 3.30. The predicted molar refractivity (Wildman–Crippen MR) is 81.7 cm³/mol. The standard InChI is InChI=1S/C16H26N2O2/c1-5-18(12(2)3)11-14-6-8-15(9-7-14)16(20)17-10-13(4)19/h6-9,12-13,19H,5,10-11H2,1-4H3,(H,17,20). The van der Waals surface area contributed by atoms with Gasteiger partial charge in [-0.15, -0.1) is 0 Å². The first-order valence-corrected chi connectivity index (χ1v) is 7.23. The third kappa shape index (κ3) is 5.31. The fourth-order valence-corrected chi connectivity index (χ4v) is 2.00. The molecule has 0 bridgehead atoms. The van der Waals surface area contributed by atoms with Crippen LogP contribution in [0.15, 0.2) is 24.3 Å². The second-order valence-corrected chi connectivity index (χ2v) is 5.41. The van der Waals surface area contributed by atoms with Crippen LogP contribution < -0.4 is 5.32 Å². The molecule has 2 N–H and O–H groups in total. The lowest BCUT2D eigenvalue weighted by molar-refractivity contribution is 0.0924. The quantitative estimate of drug-likeness (QED) is 0.802. The molecule has 0 aliphatic rings. The molecule has 0 saturated carbocycles. The van der Waals surface area contributed by atoms with Gasteiger partial charge in [0.25, 0.3) is 5.91 Å². The number of amides is 1. The van der Waals surface area contributed by atoms with Crippen molar-refractivity contribution in [3.05, 3.63) is 35.4 Å². The molecule has 112 valence electrons. The zero-order valence-corrected chi connectivity index (χ0v) is 12.9. The molecule has 0 fully saturated rings. The molecule has 4 nitrogen and oxygen atoms in total. The highest BCUT2D eigenvalue weighted by molar-refractivity contribution is 5.94. The molecule has 0 aliphatic heterocycles. The third-order valence-electron chi connectivity index (χ3n) is 3.30. The predicted octanol–water partition coefficient (Wildman–Crippen LogP) is 2.03. The van der Waals surface area contributed by atoms with Gasteiger partial charge in [0, 0.05) is 24.7 Å². The molecule has 0 radical (unpaired) electrons. The molecule has 20 heavy (non-hydrogen) atoms. The summed E-state index contributed by atoms with van der Waals surface area (Å²) in [5, 5.41) is 11.8. The Balaban J connectivity index is 2.62. The first-order chi connectivity index (χ1) is 9.43. The van der Waals surface area contributed by atoms with Crippen LogP contribution in [-0.4, -0.2) is 41.1 Å². The van der Waals surface area contributed by atoms with Crippen molar-refractivity contribution in [2.45, 2.75) is 46.4 Å². The lowest BCUT2D eigenvalue weighted by Gasteiger charge is -2.24. The molecule has 1 aromatic rings. The van der Waals surface area contributed by atoms with Gasteiger partial charge in [-0.3, -0.25) is 9.69 Å². The topological polar surface area (TPSA) is 52.6 Å². The summed E-state index contributed by atoms with van der Waals surface area (Å²) in [6, 6.07) is 8.15. The number of hydrogen-bond donors (Lipinski definition) is 2. The summed E-state index contributed by atoms with van der Waals surface area (Å²) in [5.74, 6) is -0.145. The van der Waals surface area contributed by atoms with E-state index < -0.39 is 6.10 Å². The minimum Gasteiger partial charge on any atom is -0.392 e. The summed E-state index contributed by atoms with van der Waals surface area (Å²) in [6.07, 6.45) is -0.526. The van der Waals surface area contributed by atoms with Gasteiger partial charge in [-0.25, -0.2) is 0 Å². The molecule has 1 rings (SSSR count). The average Bonchev–Trinajstić information content (AvgIpc) is 2.42. The van der Waals surface area contributed by atoms with Crippen LogP contribution in [-0.2, 0) is 6.54 Å². The van der Waals surface area contributed by atoms with E-state index >= 15 is 0 Å². The summed E-state index contributed by atoms with van der Waals surface area (Å²) >= 11 is 0. The van der Waals surface area contributed by atoms with Gasteiger partial charge in [-0.2, -0.15) is 0 Å². The molecule has 0 saturated heterocycles. The van der Waals surface area contributed by atoms with E-state index in [2.05, 4.69) is 31.0 Å². The van der Waals surface area contributed by atoms with Crippen LogP contribution in [0.5, 0.6) is 0 Å². The molecule has 1 atom stereocenters. The van der Waals surface area contributed by atoms with Crippen molar-refractivity contribution in [1.29, 1.82) is 0 Å². The number of carbonyl (C=O) groups excluding carboxylic acids is 1. The second kappa shape index (κ2) is 8.02. The van der Waals surface area contributed by atoms with Crippen LogP contribution >= 0.6 is 0 Å². The molecule has 0 aliphatic carbocycles. The average molecular weight is 278 g/mol. The number of nitrogens with zero attached hydrogens (tertiary/aromatic N) is 1. The van der Waals surface area contributed by atoms with Crippen molar-refractivity contribution < 1.29 is 9.90 Å². The van der Waals surface area contributed by atoms with E-state index in [1.165, 1.54) is 5.56 Å². The summed E-state index contributed by atoms with van der Waals surface area (Å²) in [6.45, 7) is 10.3. The normalized spacial score (nSPS) is 12.8. The van der Waals surface area contributed by atoms with Crippen molar-refractivity contribution in [2.75, 3.05) is 13.1 Å². The van der Waals surface area contributed by atoms with Crippen LogP contribution in [0, 0.1) is 0 Å². The van der Waals surface area contributed by atoms with Gasteiger partial charge >= 0.3 is 0 Å². The van der Waals surface area contributed by atoms with E-state index in [0.717, 1.165) is 13.1 Å². The number of nitrogens with one attached hydrogen (secondary N) is 1. The van der Waals surface area contributed by atoms with Crippen LogP contribution in [0.1, 0.15) is 43.6 Å². The molecule has 1 amide bonds. The zero-order chi connectivity index (χ0) is 15.1. The largest absolute Gasteiger partial charge is 0.392 e. The summed E-state index contributed by atoms with van der Waals surface area (Å²) in [7, 11) is 0. The van der Waals surface area contributed by atoms with Gasteiger partial charge < -0.3 is 10.4 Å². The lowest BCUT2D eigenvalue weighted by atomic mass is 10.1. The zero-order valence-electron chi connectivity index (χ0n) is 12.9. The van der Waals surface area contributed by atoms with Gasteiger partial charge in [0.05, 0.1) is 6.10 Å². The maximum Gasteiger partial charge on any atom is 0.251 e. The molecule has 0 heterocycles. The Morgan fingerprint density at radius 1 is 1.25 bits per heavy atom. The van der Waals surface area contributed by atoms with Crippen molar-refractivity contribution in [3.63, 3.8) is 0 Å². The SMILES string of the molecule is CCN(Cc1ccc(C(=O)NCC(C)O)cc1)C(C)C. The van der Waals surface area contributed by atoms with Crippen LogP contribution in [0.3, 0.4) is 0 Å². The van der Waals surface area contributed by atoms with Crippen molar-refractivity contribution in [1.82, 2.24) is 10.2 Å². The van der Waals surface area contributed by atoms with E-state index in [9.17, 15) is 4.79 Å². The van der Waals surface area contributed by atoms with E-state index in [4.69, 9.17) is 5.11 Å². The van der Waals surface area contributed by atoms with E-state index in [1.54, 1.807) is 6.92 Å². The Morgan fingerprint density at radius 2 is 1.85 bits per heavy atom. The fourth-order valence-electron chi connectivity index (χ4n) is 2.00. The lowest BCUT2D eigenvalue weighted by Crippen LogP contribution is -2.31. The number of carbonyl (C=O) groups is 1. The summed E-state index contributed by atoms with van der Waals surface area (Å²) < 4.78 is 0. The minimum absolute atomic E-state index is 0.145. The Bertz CT molecular complexity index is 413. The Hall–Kier alpha value is -1.39. The summed E-state index contributed by atoms with van der Waals surface area (Å²) in [5.41, 5.74) is 1.83. The van der Waals surface area contributed by atoms with Crippen LogP contribution in [0.25, 0.3) is 0 Å². The number of rotatable bonds is 7. The maximum atomic E-state index is 11.8. The Morgan fingerprint density at radius 3 is 2.30 bits per heavy atom. The number of hydrogen-bond acceptors (Lipinski definition) is 3. The molecule has 1 unspecified atom stereocenters. The molecule has 1 aromatic carbocycles. The van der Waals surface area contributed by atoms with Gasteiger partial charge in [0.2, 0.25) is 0 Å². The fraction of sp³-hybridized carbons (Fsp3) is 0.562. The van der Waals surface area contributed by atoms with Gasteiger partial charge in [0.1, 0.15) is 0 Å². The first-order valence-electron chi connectivity index (χ1n) is 7.23. The van der Waals surface area contributed by atoms with Crippen molar-refractivity contribution >= 4 is 5.91 Å². The highest BCUT2D eigenvalue weighted by Gasteiger charge is 2.09.